The summed E-state index contributed by atoms with van der Waals surface area (Å²) in [7, 11) is 1.51. The first-order chi connectivity index (χ1) is 17.7. The molecule has 2 N–H and O–H groups in total. The van der Waals surface area contributed by atoms with E-state index in [2.05, 4.69) is 10.6 Å². The van der Waals surface area contributed by atoms with Crippen molar-refractivity contribution in [2.45, 2.75) is 57.2 Å². The second kappa shape index (κ2) is 9.49. The smallest absolute Gasteiger partial charge is 0.418 e. The summed E-state index contributed by atoms with van der Waals surface area (Å²) in [5, 5.41) is 5.20. The van der Waals surface area contributed by atoms with Gasteiger partial charge in [-0.1, -0.05) is 12.1 Å². The SMILES string of the molecule is CNC(=O)Nc1ccc2c(c1)CCCC21OC(=O)N(CC(=O)N2Cc3ccc(F)cc3CC[C@H]2C)C1=O. The third-order valence-corrected chi connectivity index (χ3v) is 7.56. The number of hydrogen-bond acceptors (Lipinski definition) is 5. The highest BCUT2D eigenvalue weighted by Crippen LogP contribution is 2.44. The van der Waals surface area contributed by atoms with Crippen LogP contribution in [0.5, 0.6) is 0 Å². The Morgan fingerprint density at radius 3 is 2.70 bits per heavy atom. The molecule has 37 heavy (non-hydrogen) atoms. The van der Waals surface area contributed by atoms with Gasteiger partial charge in [-0.3, -0.25) is 9.59 Å². The van der Waals surface area contributed by atoms with E-state index >= 15 is 0 Å². The number of carbonyl (C=O) groups excluding carboxylic acids is 4. The van der Waals surface area contributed by atoms with Gasteiger partial charge < -0.3 is 20.3 Å². The molecule has 2 aromatic rings. The summed E-state index contributed by atoms with van der Waals surface area (Å²) in [6.45, 7) is 1.77. The van der Waals surface area contributed by atoms with Crippen molar-refractivity contribution in [3.05, 3.63) is 64.5 Å². The molecular weight excluding hydrogens is 479 g/mol. The molecular formula is C27H29FN4O5. The van der Waals surface area contributed by atoms with E-state index in [9.17, 15) is 23.6 Å². The van der Waals surface area contributed by atoms with Gasteiger partial charge in [0.1, 0.15) is 12.4 Å². The number of nitrogens with one attached hydrogen (secondary N) is 2. The van der Waals surface area contributed by atoms with Crippen LogP contribution in [0.25, 0.3) is 0 Å². The number of urea groups is 1. The standard InChI is InChI=1S/C27H29FN4O5/c1-16-5-6-17-12-20(28)8-7-19(17)14-31(16)23(33)15-32-24(34)27(37-26(32)36)11-3-4-18-13-21(9-10-22(18)27)30-25(35)29-2/h7-10,12-13,16H,3-6,11,14-15H2,1-2H3,(H2,29,30,35)/t16-,27?/m1/s1. The van der Waals surface area contributed by atoms with E-state index in [0.717, 1.165) is 21.6 Å². The quantitative estimate of drug-likeness (QED) is 0.660. The number of imide groups is 1. The maximum atomic E-state index is 13.7. The van der Waals surface area contributed by atoms with Crippen LogP contribution in [0.4, 0.5) is 19.7 Å². The predicted molar refractivity (Wildman–Crippen MR) is 132 cm³/mol. The molecule has 5 amide bonds. The van der Waals surface area contributed by atoms with Gasteiger partial charge in [0.15, 0.2) is 0 Å². The van der Waals surface area contributed by atoms with Gasteiger partial charge in [-0.2, -0.15) is 0 Å². The van der Waals surface area contributed by atoms with Crippen molar-refractivity contribution in [1.29, 1.82) is 0 Å². The molecule has 2 aromatic carbocycles. The monoisotopic (exact) mass is 508 g/mol. The Kier molecular flexibility index (Phi) is 6.35. The Morgan fingerprint density at radius 2 is 1.92 bits per heavy atom. The van der Waals surface area contributed by atoms with Crippen LogP contribution in [-0.4, -0.2) is 53.4 Å². The highest BCUT2D eigenvalue weighted by Gasteiger charge is 2.57. The van der Waals surface area contributed by atoms with Gasteiger partial charge in [0, 0.05) is 37.3 Å². The summed E-state index contributed by atoms with van der Waals surface area (Å²) in [6.07, 6.45) is 2.02. The third-order valence-electron chi connectivity index (χ3n) is 7.56. The van der Waals surface area contributed by atoms with Crippen LogP contribution in [0.3, 0.4) is 0 Å². The van der Waals surface area contributed by atoms with E-state index in [-0.39, 0.29) is 30.3 Å². The first-order valence-corrected chi connectivity index (χ1v) is 12.5. The number of anilines is 1. The molecule has 5 rings (SSSR count). The minimum Gasteiger partial charge on any atom is -0.427 e. The maximum absolute atomic E-state index is 13.7. The number of benzene rings is 2. The van der Waals surface area contributed by atoms with Gasteiger partial charge in [-0.05, 0) is 73.6 Å². The molecule has 1 spiro atoms. The van der Waals surface area contributed by atoms with Crippen molar-refractivity contribution in [3.63, 3.8) is 0 Å². The summed E-state index contributed by atoms with van der Waals surface area (Å²) in [5.41, 5.74) is 2.18. The molecule has 1 unspecified atom stereocenters. The normalized spacial score (nSPS) is 22.7. The molecule has 2 atom stereocenters. The minimum atomic E-state index is -1.48. The summed E-state index contributed by atoms with van der Waals surface area (Å²) < 4.78 is 19.4. The summed E-state index contributed by atoms with van der Waals surface area (Å²) in [4.78, 5) is 54.2. The molecule has 3 aliphatic rings. The van der Waals surface area contributed by atoms with Gasteiger partial charge in [0.2, 0.25) is 11.5 Å². The van der Waals surface area contributed by atoms with Crippen LogP contribution < -0.4 is 10.6 Å². The lowest BCUT2D eigenvalue weighted by atomic mass is 9.78. The van der Waals surface area contributed by atoms with E-state index < -0.39 is 24.1 Å². The fourth-order valence-corrected chi connectivity index (χ4v) is 5.54. The predicted octanol–water partition coefficient (Wildman–Crippen LogP) is 3.45. The molecule has 1 saturated heterocycles. The zero-order chi connectivity index (χ0) is 26.3. The van der Waals surface area contributed by atoms with E-state index in [4.69, 9.17) is 4.74 Å². The molecule has 0 saturated carbocycles. The second-order valence-corrected chi connectivity index (χ2v) is 9.84. The van der Waals surface area contributed by atoms with Gasteiger partial charge in [0.25, 0.3) is 5.91 Å². The average molecular weight is 509 g/mol. The zero-order valence-electron chi connectivity index (χ0n) is 20.8. The second-order valence-electron chi connectivity index (χ2n) is 9.84. The maximum Gasteiger partial charge on any atom is 0.418 e. The Hall–Kier alpha value is -3.95. The Bertz CT molecular complexity index is 1300. The lowest BCUT2D eigenvalue weighted by Crippen LogP contribution is -2.47. The third kappa shape index (κ3) is 4.41. The topological polar surface area (TPSA) is 108 Å². The van der Waals surface area contributed by atoms with Gasteiger partial charge in [-0.15, -0.1) is 0 Å². The number of fused-ring (bicyclic) bond motifs is 3. The van der Waals surface area contributed by atoms with Crippen LogP contribution in [0.15, 0.2) is 36.4 Å². The van der Waals surface area contributed by atoms with Crippen molar-refractivity contribution in [1.82, 2.24) is 15.1 Å². The molecule has 0 bridgehead atoms. The molecule has 9 nitrogen and oxygen atoms in total. The molecule has 2 aliphatic heterocycles. The largest absolute Gasteiger partial charge is 0.427 e. The Labute approximate surface area is 213 Å². The first-order valence-electron chi connectivity index (χ1n) is 12.5. The average Bonchev–Trinajstić information content (AvgIpc) is 3.00. The van der Waals surface area contributed by atoms with Crippen molar-refractivity contribution in [2.75, 3.05) is 18.9 Å². The summed E-state index contributed by atoms with van der Waals surface area (Å²) >= 11 is 0. The zero-order valence-corrected chi connectivity index (χ0v) is 20.8. The molecule has 0 radical (unpaired) electrons. The van der Waals surface area contributed by atoms with Crippen LogP contribution in [-0.2, 0) is 39.3 Å². The van der Waals surface area contributed by atoms with E-state index in [0.29, 0.717) is 43.4 Å². The number of rotatable bonds is 3. The van der Waals surface area contributed by atoms with Crippen molar-refractivity contribution in [3.8, 4) is 0 Å². The molecule has 1 fully saturated rings. The first kappa shape index (κ1) is 24.7. The highest BCUT2D eigenvalue weighted by molar-refractivity contribution is 6.06. The Morgan fingerprint density at radius 1 is 1.11 bits per heavy atom. The lowest BCUT2D eigenvalue weighted by molar-refractivity contribution is -0.143. The van der Waals surface area contributed by atoms with Crippen LogP contribution in [0.1, 0.15) is 48.4 Å². The molecule has 0 aromatic heterocycles. The van der Waals surface area contributed by atoms with Crippen molar-refractivity contribution < 1.29 is 28.3 Å². The van der Waals surface area contributed by atoms with Crippen molar-refractivity contribution >= 4 is 29.6 Å². The number of nitrogens with zero attached hydrogens (tertiary/aromatic N) is 2. The fourth-order valence-electron chi connectivity index (χ4n) is 5.54. The van der Waals surface area contributed by atoms with Crippen LogP contribution in [0.2, 0.25) is 0 Å². The fraction of sp³-hybridized carbons (Fsp3) is 0.407. The summed E-state index contributed by atoms with van der Waals surface area (Å²) in [5.74, 6) is -1.23. The summed E-state index contributed by atoms with van der Waals surface area (Å²) in [6, 6.07) is 9.18. The molecule has 10 heteroatoms. The number of hydrogen-bond donors (Lipinski definition) is 2. The number of aryl methyl sites for hydroxylation is 2. The Balaban J connectivity index is 1.37. The van der Waals surface area contributed by atoms with Gasteiger partial charge >= 0.3 is 12.1 Å². The van der Waals surface area contributed by atoms with E-state index in [1.54, 1.807) is 29.2 Å². The van der Waals surface area contributed by atoms with Crippen LogP contribution in [0, 0.1) is 5.82 Å². The van der Waals surface area contributed by atoms with Gasteiger partial charge in [-0.25, -0.2) is 18.9 Å². The molecule has 2 heterocycles. The minimum absolute atomic E-state index is 0.146. The van der Waals surface area contributed by atoms with Crippen molar-refractivity contribution in [2.24, 2.45) is 0 Å². The van der Waals surface area contributed by atoms with Crippen LogP contribution >= 0.6 is 0 Å². The molecule has 1 aliphatic carbocycles. The number of amides is 5. The van der Waals surface area contributed by atoms with E-state index in [1.165, 1.54) is 19.2 Å². The number of carbonyl (C=O) groups is 4. The lowest BCUT2D eigenvalue weighted by Gasteiger charge is -2.32. The van der Waals surface area contributed by atoms with Gasteiger partial charge in [0.05, 0.1) is 0 Å². The molecule has 194 valence electrons. The highest BCUT2D eigenvalue weighted by atomic mass is 19.1. The number of ether oxygens (including phenoxy) is 1. The number of halogens is 1. The van der Waals surface area contributed by atoms with E-state index in [1.807, 2.05) is 6.92 Å².